The topological polar surface area (TPSA) is 63.6 Å². The van der Waals surface area contributed by atoms with Crippen LogP contribution in [0.5, 0.6) is 0 Å². The van der Waals surface area contributed by atoms with Gasteiger partial charge < -0.3 is 5.32 Å². The third-order valence-corrected chi connectivity index (χ3v) is 3.75. The number of rotatable bonds is 5. The fraction of sp³-hybridized carbons (Fsp3) is 0.467. The Balaban J connectivity index is 2.53. The molecule has 6 heteroatoms. The van der Waals surface area contributed by atoms with Gasteiger partial charge in [0, 0.05) is 12.7 Å². The van der Waals surface area contributed by atoms with E-state index < -0.39 is 0 Å². The largest absolute Gasteiger partial charge is 0.369 e. The minimum absolute atomic E-state index is 0.297. The SMILES string of the molecule is CCCNc1nc(-c2ccnc(C)n2)nc(C(C)C)c1Br. The predicted octanol–water partition coefficient (Wildman–Crippen LogP) is 3.95. The Labute approximate surface area is 133 Å². The highest BCUT2D eigenvalue weighted by Crippen LogP contribution is 2.30. The molecule has 0 saturated heterocycles. The van der Waals surface area contributed by atoms with Crippen LogP contribution in [0.25, 0.3) is 11.5 Å². The molecule has 2 heterocycles. The first kappa shape index (κ1) is 15.8. The quantitative estimate of drug-likeness (QED) is 0.885. The van der Waals surface area contributed by atoms with Gasteiger partial charge in [0.1, 0.15) is 17.3 Å². The Morgan fingerprint density at radius 1 is 1.24 bits per heavy atom. The Hall–Kier alpha value is -1.56. The van der Waals surface area contributed by atoms with Crippen LogP contribution in [-0.4, -0.2) is 26.5 Å². The second kappa shape index (κ2) is 6.93. The van der Waals surface area contributed by atoms with Crippen LogP contribution in [0.4, 0.5) is 5.82 Å². The van der Waals surface area contributed by atoms with Crippen molar-refractivity contribution in [2.45, 2.75) is 40.0 Å². The zero-order valence-corrected chi connectivity index (χ0v) is 14.4. The molecule has 5 nitrogen and oxygen atoms in total. The maximum Gasteiger partial charge on any atom is 0.180 e. The number of anilines is 1. The number of nitrogens with zero attached hydrogens (tertiary/aromatic N) is 4. The van der Waals surface area contributed by atoms with Gasteiger partial charge in [-0.3, -0.25) is 0 Å². The zero-order valence-electron chi connectivity index (χ0n) is 12.8. The van der Waals surface area contributed by atoms with Gasteiger partial charge in [-0.05, 0) is 41.3 Å². The highest BCUT2D eigenvalue weighted by molar-refractivity contribution is 9.10. The summed E-state index contributed by atoms with van der Waals surface area (Å²) in [4.78, 5) is 17.8. The molecule has 0 aliphatic heterocycles. The summed E-state index contributed by atoms with van der Waals surface area (Å²) in [7, 11) is 0. The third-order valence-electron chi connectivity index (χ3n) is 2.97. The number of aryl methyl sites for hydroxylation is 1. The summed E-state index contributed by atoms with van der Waals surface area (Å²) in [6, 6.07) is 1.84. The van der Waals surface area contributed by atoms with Crippen LogP contribution in [0.15, 0.2) is 16.7 Å². The molecule has 0 amide bonds. The highest BCUT2D eigenvalue weighted by Gasteiger charge is 2.16. The molecule has 1 N–H and O–H groups in total. The Morgan fingerprint density at radius 3 is 2.62 bits per heavy atom. The van der Waals surface area contributed by atoms with Gasteiger partial charge in [-0.1, -0.05) is 20.8 Å². The predicted molar refractivity (Wildman–Crippen MR) is 88.4 cm³/mol. The maximum atomic E-state index is 4.66. The molecule has 0 aliphatic carbocycles. The molecule has 2 aromatic heterocycles. The van der Waals surface area contributed by atoms with E-state index in [1.807, 2.05) is 13.0 Å². The summed E-state index contributed by atoms with van der Waals surface area (Å²) in [6.07, 6.45) is 2.77. The van der Waals surface area contributed by atoms with Crippen molar-refractivity contribution < 1.29 is 0 Å². The molecule has 0 aliphatic rings. The number of hydrogen-bond donors (Lipinski definition) is 1. The summed E-state index contributed by atoms with van der Waals surface area (Å²) < 4.78 is 0.931. The van der Waals surface area contributed by atoms with Crippen LogP contribution in [0.2, 0.25) is 0 Å². The van der Waals surface area contributed by atoms with Gasteiger partial charge in [0.05, 0.1) is 10.2 Å². The van der Waals surface area contributed by atoms with Crippen molar-refractivity contribution in [3.63, 3.8) is 0 Å². The van der Waals surface area contributed by atoms with Crippen LogP contribution in [-0.2, 0) is 0 Å². The zero-order chi connectivity index (χ0) is 15.4. The molecule has 0 saturated carbocycles. The average molecular weight is 350 g/mol. The molecule has 0 aromatic carbocycles. The molecule has 21 heavy (non-hydrogen) atoms. The van der Waals surface area contributed by atoms with E-state index >= 15 is 0 Å². The van der Waals surface area contributed by atoms with Crippen molar-refractivity contribution in [1.29, 1.82) is 0 Å². The number of aromatic nitrogens is 4. The molecule has 0 unspecified atom stereocenters. The maximum absolute atomic E-state index is 4.66. The summed E-state index contributed by atoms with van der Waals surface area (Å²) in [5, 5.41) is 3.34. The third kappa shape index (κ3) is 3.75. The van der Waals surface area contributed by atoms with Gasteiger partial charge in [-0.25, -0.2) is 19.9 Å². The second-order valence-corrected chi connectivity index (χ2v) is 5.96. The molecule has 2 rings (SSSR count). The lowest BCUT2D eigenvalue weighted by Gasteiger charge is -2.14. The van der Waals surface area contributed by atoms with Crippen molar-refractivity contribution in [2.75, 3.05) is 11.9 Å². The van der Waals surface area contributed by atoms with E-state index in [0.717, 1.165) is 34.6 Å². The van der Waals surface area contributed by atoms with Crippen LogP contribution in [0.3, 0.4) is 0 Å². The minimum atomic E-state index is 0.297. The first-order valence-electron chi connectivity index (χ1n) is 7.14. The van der Waals surface area contributed by atoms with Crippen molar-refractivity contribution >= 4 is 21.7 Å². The lowest BCUT2D eigenvalue weighted by Crippen LogP contribution is -2.09. The van der Waals surface area contributed by atoms with E-state index in [1.54, 1.807) is 6.20 Å². The number of hydrogen-bond acceptors (Lipinski definition) is 5. The van der Waals surface area contributed by atoms with Crippen molar-refractivity contribution in [3.8, 4) is 11.5 Å². The molecule has 0 bridgehead atoms. The molecular formula is C15H20BrN5. The van der Waals surface area contributed by atoms with E-state index in [4.69, 9.17) is 0 Å². The molecule has 0 fully saturated rings. The molecule has 0 atom stereocenters. The van der Waals surface area contributed by atoms with E-state index in [0.29, 0.717) is 17.6 Å². The van der Waals surface area contributed by atoms with Crippen molar-refractivity contribution in [3.05, 3.63) is 28.3 Å². The minimum Gasteiger partial charge on any atom is -0.369 e. The van der Waals surface area contributed by atoms with Gasteiger partial charge in [0.25, 0.3) is 0 Å². The fourth-order valence-electron chi connectivity index (χ4n) is 1.90. The van der Waals surface area contributed by atoms with Gasteiger partial charge in [-0.2, -0.15) is 0 Å². The molecule has 0 spiro atoms. The summed E-state index contributed by atoms with van der Waals surface area (Å²) in [5.41, 5.74) is 1.73. The van der Waals surface area contributed by atoms with Crippen LogP contribution in [0.1, 0.15) is 44.6 Å². The standard InChI is InChI=1S/C15H20BrN5/c1-5-7-18-15-12(16)13(9(2)3)20-14(21-15)11-6-8-17-10(4)19-11/h6,8-9H,5,7H2,1-4H3,(H,18,20,21). The van der Waals surface area contributed by atoms with Crippen LogP contribution < -0.4 is 5.32 Å². The lowest BCUT2D eigenvalue weighted by atomic mass is 10.1. The second-order valence-electron chi connectivity index (χ2n) is 5.17. The molecule has 0 radical (unpaired) electrons. The van der Waals surface area contributed by atoms with E-state index in [2.05, 4.69) is 62.0 Å². The molecule has 112 valence electrons. The van der Waals surface area contributed by atoms with E-state index in [-0.39, 0.29) is 0 Å². The summed E-state index contributed by atoms with van der Waals surface area (Å²) in [5.74, 6) is 2.47. The van der Waals surface area contributed by atoms with Gasteiger partial charge in [0.2, 0.25) is 0 Å². The van der Waals surface area contributed by atoms with E-state index in [9.17, 15) is 0 Å². The highest BCUT2D eigenvalue weighted by atomic mass is 79.9. The van der Waals surface area contributed by atoms with Gasteiger partial charge in [-0.15, -0.1) is 0 Å². The van der Waals surface area contributed by atoms with Crippen LogP contribution in [0, 0.1) is 6.92 Å². The fourth-order valence-corrected chi connectivity index (χ4v) is 2.68. The normalized spacial score (nSPS) is 11.0. The molecular weight excluding hydrogens is 330 g/mol. The van der Waals surface area contributed by atoms with Gasteiger partial charge in [0.15, 0.2) is 5.82 Å². The monoisotopic (exact) mass is 349 g/mol. The van der Waals surface area contributed by atoms with Crippen molar-refractivity contribution in [1.82, 2.24) is 19.9 Å². The number of halogens is 1. The Kier molecular flexibility index (Phi) is 5.22. The first-order valence-corrected chi connectivity index (χ1v) is 7.93. The van der Waals surface area contributed by atoms with Crippen molar-refractivity contribution in [2.24, 2.45) is 0 Å². The van der Waals surface area contributed by atoms with Crippen LogP contribution >= 0.6 is 15.9 Å². The Morgan fingerprint density at radius 2 is 2.00 bits per heavy atom. The smallest absolute Gasteiger partial charge is 0.180 e. The summed E-state index contributed by atoms with van der Waals surface area (Å²) in [6.45, 7) is 9.09. The first-order chi connectivity index (χ1) is 10.0. The number of nitrogens with one attached hydrogen (secondary N) is 1. The average Bonchev–Trinajstić information content (AvgIpc) is 2.46. The van der Waals surface area contributed by atoms with Gasteiger partial charge >= 0.3 is 0 Å². The van der Waals surface area contributed by atoms with E-state index in [1.165, 1.54) is 0 Å². The lowest BCUT2D eigenvalue weighted by molar-refractivity contribution is 0.806. The Bertz CT molecular complexity index is 627. The molecule has 2 aromatic rings. The summed E-state index contributed by atoms with van der Waals surface area (Å²) >= 11 is 3.61.